The number of hydrogen-bond donors (Lipinski definition) is 1. The summed E-state index contributed by atoms with van der Waals surface area (Å²) in [7, 11) is -3.29. The van der Waals surface area contributed by atoms with Crippen LogP contribution >= 0.6 is 12.4 Å². The van der Waals surface area contributed by atoms with Crippen LogP contribution in [0.4, 0.5) is 4.79 Å². The van der Waals surface area contributed by atoms with Gasteiger partial charge in [0, 0.05) is 32.7 Å². The molecule has 0 unspecified atom stereocenters. The van der Waals surface area contributed by atoms with Crippen LogP contribution in [0.2, 0.25) is 0 Å². The second-order valence-corrected chi connectivity index (χ2v) is 7.56. The Morgan fingerprint density at radius 3 is 2.10 bits per heavy atom. The molecule has 0 atom stereocenters. The van der Waals surface area contributed by atoms with Gasteiger partial charge in [-0.1, -0.05) is 0 Å². The Bertz CT molecular complexity index is 414. The molecule has 0 aromatic heterocycles. The van der Waals surface area contributed by atoms with E-state index in [4.69, 9.17) is 10.5 Å². The molecule has 1 amide bonds. The van der Waals surface area contributed by atoms with Crippen LogP contribution in [-0.2, 0) is 14.8 Å². The summed E-state index contributed by atoms with van der Waals surface area (Å²) in [4.78, 5) is 13.3. The third kappa shape index (κ3) is 5.82. The van der Waals surface area contributed by atoms with Crippen molar-refractivity contribution in [3.63, 3.8) is 0 Å². The molecule has 0 aromatic rings. The van der Waals surface area contributed by atoms with E-state index >= 15 is 0 Å². The van der Waals surface area contributed by atoms with Gasteiger partial charge in [-0.3, -0.25) is 0 Å². The Morgan fingerprint density at radius 1 is 1.20 bits per heavy atom. The third-order valence-corrected chi connectivity index (χ3v) is 4.56. The molecule has 1 fully saturated rings. The lowest BCUT2D eigenvalue weighted by Crippen LogP contribution is -2.52. The quantitative estimate of drug-likeness (QED) is 0.801. The highest BCUT2D eigenvalue weighted by atomic mass is 35.5. The molecule has 1 saturated heterocycles. The zero-order valence-electron chi connectivity index (χ0n) is 12.2. The first kappa shape index (κ1) is 19.4. The average molecular weight is 330 g/mol. The highest BCUT2D eigenvalue weighted by molar-refractivity contribution is 7.89. The third-order valence-electron chi connectivity index (χ3n) is 2.66. The first-order chi connectivity index (χ1) is 8.65. The molecule has 2 N–H and O–H groups in total. The van der Waals surface area contributed by atoms with Crippen molar-refractivity contribution in [1.82, 2.24) is 9.21 Å². The number of ether oxygens (including phenoxy) is 1. The zero-order valence-corrected chi connectivity index (χ0v) is 13.8. The number of carbonyl (C=O) groups is 1. The monoisotopic (exact) mass is 329 g/mol. The SMILES string of the molecule is CC(C)(C)OC(=O)N1CCN(S(=O)(=O)CCN)CC1.Cl. The minimum atomic E-state index is -3.29. The highest BCUT2D eigenvalue weighted by Gasteiger charge is 2.30. The van der Waals surface area contributed by atoms with Crippen molar-refractivity contribution in [2.45, 2.75) is 26.4 Å². The number of sulfonamides is 1. The number of nitrogens with two attached hydrogens (primary N) is 1. The molecule has 1 heterocycles. The summed E-state index contributed by atoms with van der Waals surface area (Å²) in [5.74, 6) is -0.0561. The van der Waals surface area contributed by atoms with Gasteiger partial charge in [-0.25, -0.2) is 13.2 Å². The smallest absolute Gasteiger partial charge is 0.410 e. The first-order valence-corrected chi connectivity index (χ1v) is 7.92. The van der Waals surface area contributed by atoms with E-state index in [-0.39, 0.29) is 24.7 Å². The molecular weight excluding hydrogens is 306 g/mol. The number of amides is 1. The van der Waals surface area contributed by atoms with Gasteiger partial charge in [-0.2, -0.15) is 4.31 Å². The Labute approximate surface area is 126 Å². The molecule has 0 saturated carbocycles. The van der Waals surface area contributed by atoms with Crippen LogP contribution in [0.15, 0.2) is 0 Å². The van der Waals surface area contributed by atoms with Crippen molar-refractivity contribution in [3.05, 3.63) is 0 Å². The van der Waals surface area contributed by atoms with E-state index in [0.29, 0.717) is 26.2 Å². The second kappa shape index (κ2) is 7.44. The summed E-state index contributed by atoms with van der Waals surface area (Å²) >= 11 is 0. The van der Waals surface area contributed by atoms with E-state index in [9.17, 15) is 13.2 Å². The molecule has 0 aliphatic carbocycles. The van der Waals surface area contributed by atoms with E-state index in [1.54, 1.807) is 20.8 Å². The molecule has 9 heteroatoms. The molecule has 0 radical (unpaired) electrons. The Morgan fingerprint density at radius 2 is 1.70 bits per heavy atom. The Kier molecular flexibility index (Phi) is 7.23. The number of carbonyl (C=O) groups excluding carboxylic acids is 1. The van der Waals surface area contributed by atoms with Gasteiger partial charge < -0.3 is 15.4 Å². The standard InChI is InChI=1S/C11H23N3O4S.ClH/c1-11(2,3)18-10(15)13-5-7-14(8-6-13)19(16,17)9-4-12;/h4-9,12H2,1-3H3;1H. The maximum Gasteiger partial charge on any atom is 0.410 e. The maximum absolute atomic E-state index is 11.8. The lowest BCUT2D eigenvalue weighted by molar-refractivity contribution is 0.0192. The van der Waals surface area contributed by atoms with Gasteiger partial charge in [0.15, 0.2) is 0 Å². The van der Waals surface area contributed by atoms with Crippen molar-refractivity contribution in [1.29, 1.82) is 0 Å². The largest absolute Gasteiger partial charge is 0.444 e. The van der Waals surface area contributed by atoms with Crippen LogP contribution in [0.3, 0.4) is 0 Å². The van der Waals surface area contributed by atoms with Gasteiger partial charge in [0.05, 0.1) is 5.75 Å². The predicted octanol–water partition coefficient (Wildman–Crippen LogP) is 0.249. The van der Waals surface area contributed by atoms with E-state index in [2.05, 4.69) is 0 Å². The second-order valence-electron chi connectivity index (χ2n) is 5.47. The molecule has 7 nitrogen and oxygen atoms in total. The first-order valence-electron chi connectivity index (χ1n) is 6.31. The number of nitrogens with zero attached hydrogens (tertiary/aromatic N) is 2. The fraction of sp³-hybridized carbons (Fsp3) is 0.909. The Balaban J connectivity index is 0.00000361. The van der Waals surface area contributed by atoms with E-state index < -0.39 is 21.7 Å². The van der Waals surface area contributed by atoms with Crippen LogP contribution < -0.4 is 5.73 Å². The van der Waals surface area contributed by atoms with Crippen LogP contribution in [-0.4, -0.2) is 67.8 Å². The summed E-state index contributed by atoms with van der Waals surface area (Å²) in [6.07, 6.45) is -0.400. The molecular formula is C11H24ClN3O4S. The van der Waals surface area contributed by atoms with Crippen LogP contribution in [0.5, 0.6) is 0 Å². The van der Waals surface area contributed by atoms with Gasteiger partial charge in [0.1, 0.15) is 5.60 Å². The van der Waals surface area contributed by atoms with Crippen molar-refractivity contribution in [3.8, 4) is 0 Å². The van der Waals surface area contributed by atoms with Crippen LogP contribution in [0, 0.1) is 0 Å². The predicted molar refractivity (Wildman–Crippen MR) is 79.5 cm³/mol. The van der Waals surface area contributed by atoms with E-state index in [1.807, 2.05) is 0 Å². The topological polar surface area (TPSA) is 92.9 Å². The molecule has 1 aliphatic rings. The molecule has 0 spiro atoms. The minimum absolute atomic E-state index is 0. The molecule has 20 heavy (non-hydrogen) atoms. The molecule has 1 rings (SSSR count). The Hall–Kier alpha value is -0.570. The summed E-state index contributed by atoms with van der Waals surface area (Å²) in [6.45, 7) is 6.78. The minimum Gasteiger partial charge on any atom is -0.444 e. The summed E-state index contributed by atoms with van der Waals surface area (Å²) < 4.78 is 30.2. The fourth-order valence-electron chi connectivity index (χ4n) is 1.75. The van der Waals surface area contributed by atoms with E-state index in [1.165, 1.54) is 9.21 Å². The van der Waals surface area contributed by atoms with Gasteiger partial charge in [-0.15, -0.1) is 12.4 Å². The number of hydrogen-bond acceptors (Lipinski definition) is 5. The van der Waals surface area contributed by atoms with Crippen molar-refractivity contribution in [2.75, 3.05) is 38.5 Å². The summed E-state index contributed by atoms with van der Waals surface area (Å²) in [5, 5.41) is 0. The van der Waals surface area contributed by atoms with Gasteiger partial charge >= 0.3 is 6.09 Å². The number of rotatable bonds is 3. The zero-order chi connectivity index (χ0) is 14.7. The van der Waals surface area contributed by atoms with Crippen LogP contribution in [0.25, 0.3) is 0 Å². The highest BCUT2D eigenvalue weighted by Crippen LogP contribution is 2.13. The summed E-state index contributed by atoms with van der Waals surface area (Å²) in [6, 6.07) is 0. The van der Waals surface area contributed by atoms with Gasteiger partial charge in [-0.05, 0) is 20.8 Å². The van der Waals surface area contributed by atoms with Gasteiger partial charge in [0.25, 0.3) is 0 Å². The van der Waals surface area contributed by atoms with Crippen molar-refractivity contribution >= 4 is 28.5 Å². The van der Waals surface area contributed by atoms with Crippen LogP contribution in [0.1, 0.15) is 20.8 Å². The molecule has 1 aliphatic heterocycles. The maximum atomic E-state index is 11.8. The molecule has 0 bridgehead atoms. The lowest BCUT2D eigenvalue weighted by atomic mass is 10.2. The van der Waals surface area contributed by atoms with Crippen molar-refractivity contribution in [2.24, 2.45) is 5.73 Å². The van der Waals surface area contributed by atoms with Crippen molar-refractivity contribution < 1.29 is 17.9 Å². The van der Waals surface area contributed by atoms with Gasteiger partial charge in [0.2, 0.25) is 10.0 Å². The molecule has 120 valence electrons. The van der Waals surface area contributed by atoms with E-state index in [0.717, 1.165) is 0 Å². The molecule has 0 aromatic carbocycles. The normalized spacial score (nSPS) is 17.5. The lowest BCUT2D eigenvalue weighted by Gasteiger charge is -2.34. The summed E-state index contributed by atoms with van der Waals surface area (Å²) in [5.41, 5.74) is 4.73. The average Bonchev–Trinajstić information content (AvgIpc) is 2.27. The number of halogens is 1. The fourth-order valence-corrected chi connectivity index (χ4v) is 3.03. The number of piperazine rings is 1.